The summed E-state index contributed by atoms with van der Waals surface area (Å²) in [5, 5.41) is 3.15. The van der Waals surface area contributed by atoms with Crippen molar-refractivity contribution in [1.29, 1.82) is 0 Å². The molecule has 0 spiro atoms. The van der Waals surface area contributed by atoms with Gasteiger partial charge in [-0.05, 0) is 33.0 Å². The molecule has 1 aliphatic heterocycles. The van der Waals surface area contributed by atoms with Crippen LogP contribution >= 0.6 is 0 Å². The topological polar surface area (TPSA) is 15.3 Å². The minimum atomic E-state index is 0. The largest absolute Gasteiger partial charge is 0.318 e. The van der Waals surface area contributed by atoms with E-state index < -0.39 is 0 Å². The normalized spacial score (nSPS) is 21.0. The molecule has 1 rings (SSSR count). The second-order valence-electron chi connectivity index (χ2n) is 2.65. The lowest BCUT2D eigenvalue weighted by molar-refractivity contribution is 0.340. The molecule has 1 aliphatic rings. The quantitative estimate of drug-likeness (QED) is 0.600. The van der Waals surface area contributed by atoms with E-state index in [1.165, 1.54) is 32.5 Å². The summed E-state index contributed by atoms with van der Waals surface area (Å²) in [6, 6.07) is 0. The minimum Gasteiger partial charge on any atom is -0.318 e. The number of hydrogen-bond donors (Lipinski definition) is 1. The predicted octanol–water partition coefficient (Wildman–Crippen LogP) is 0.548. The van der Waals surface area contributed by atoms with Crippen LogP contribution in [0.25, 0.3) is 0 Å². The van der Waals surface area contributed by atoms with Gasteiger partial charge in [0.25, 0.3) is 0 Å². The maximum atomic E-state index is 3.15. The van der Waals surface area contributed by atoms with Crippen molar-refractivity contribution in [2.75, 3.05) is 33.2 Å². The van der Waals surface area contributed by atoms with Gasteiger partial charge in [-0.3, -0.25) is 0 Å². The second kappa shape index (κ2) is 3.85. The molecule has 0 aromatic carbocycles. The van der Waals surface area contributed by atoms with E-state index in [0.717, 1.165) is 6.54 Å². The Hall–Kier alpha value is -0.0800. The Morgan fingerprint density at radius 1 is 1.44 bits per heavy atom. The summed E-state index contributed by atoms with van der Waals surface area (Å²) in [5.41, 5.74) is 0. The van der Waals surface area contributed by atoms with Gasteiger partial charge >= 0.3 is 0 Å². The maximum Gasteiger partial charge on any atom is 0.0107 e. The maximum absolute atomic E-state index is 3.15. The van der Waals surface area contributed by atoms with Crippen LogP contribution in [0.1, 0.15) is 14.3 Å². The summed E-state index contributed by atoms with van der Waals surface area (Å²) < 4.78 is 0. The van der Waals surface area contributed by atoms with Crippen LogP contribution in [0.4, 0.5) is 0 Å². The average molecular weight is 130 g/mol. The van der Waals surface area contributed by atoms with Crippen LogP contribution in [-0.2, 0) is 0 Å². The molecule has 0 aromatic heterocycles. The number of hydrogen-bond acceptors (Lipinski definition) is 2. The Bertz CT molecular complexity index is 72.0. The van der Waals surface area contributed by atoms with E-state index >= 15 is 0 Å². The molecule has 0 unspecified atom stereocenters. The standard InChI is InChI=1S/C7H16N2.H2/c1-8-4-7-9-5-2-3-6-9;/h8H,2-7H2,1H3;1H. The van der Waals surface area contributed by atoms with E-state index in [2.05, 4.69) is 10.2 Å². The van der Waals surface area contributed by atoms with Crippen LogP contribution in [0.15, 0.2) is 0 Å². The van der Waals surface area contributed by atoms with Crippen LogP contribution in [-0.4, -0.2) is 38.1 Å². The van der Waals surface area contributed by atoms with Gasteiger partial charge in [0.1, 0.15) is 0 Å². The van der Waals surface area contributed by atoms with Crippen molar-refractivity contribution in [3.63, 3.8) is 0 Å². The van der Waals surface area contributed by atoms with Crippen LogP contribution in [0.5, 0.6) is 0 Å². The van der Waals surface area contributed by atoms with E-state index in [1.54, 1.807) is 0 Å². The predicted molar refractivity (Wildman–Crippen MR) is 41.7 cm³/mol. The molecule has 9 heavy (non-hydrogen) atoms. The summed E-state index contributed by atoms with van der Waals surface area (Å²) in [4.78, 5) is 2.51. The van der Waals surface area contributed by atoms with Crippen molar-refractivity contribution < 1.29 is 1.43 Å². The Balaban J connectivity index is 0.000000810. The first-order chi connectivity index (χ1) is 4.43. The van der Waals surface area contributed by atoms with Crippen LogP contribution < -0.4 is 5.32 Å². The number of nitrogens with one attached hydrogen (secondary N) is 1. The Kier molecular flexibility index (Phi) is 3.01. The Morgan fingerprint density at radius 3 is 2.67 bits per heavy atom. The summed E-state index contributed by atoms with van der Waals surface area (Å²) in [6.45, 7) is 5.01. The highest BCUT2D eigenvalue weighted by atomic mass is 15.1. The van der Waals surface area contributed by atoms with Gasteiger partial charge in [0.2, 0.25) is 0 Å². The first kappa shape index (κ1) is 7.03. The van der Waals surface area contributed by atoms with Crippen molar-refractivity contribution in [1.82, 2.24) is 10.2 Å². The molecular formula is C7H18N2. The molecule has 0 aliphatic carbocycles. The molecule has 1 N–H and O–H groups in total. The van der Waals surface area contributed by atoms with Crippen molar-refractivity contribution in [2.45, 2.75) is 12.8 Å². The van der Waals surface area contributed by atoms with Crippen molar-refractivity contribution in [3.8, 4) is 0 Å². The highest BCUT2D eigenvalue weighted by Crippen LogP contribution is 2.05. The van der Waals surface area contributed by atoms with Gasteiger partial charge in [0, 0.05) is 14.5 Å². The van der Waals surface area contributed by atoms with Gasteiger partial charge in [0.15, 0.2) is 0 Å². The average Bonchev–Trinajstić information content (AvgIpc) is 2.34. The molecule has 0 bridgehead atoms. The molecule has 1 fully saturated rings. The molecule has 0 atom stereocenters. The zero-order valence-corrected chi connectivity index (χ0v) is 6.19. The van der Waals surface area contributed by atoms with Gasteiger partial charge in [-0.1, -0.05) is 0 Å². The molecule has 0 amide bonds. The van der Waals surface area contributed by atoms with Gasteiger partial charge in [0.05, 0.1) is 0 Å². The summed E-state index contributed by atoms with van der Waals surface area (Å²) in [7, 11) is 2.01. The van der Waals surface area contributed by atoms with Crippen LogP contribution in [0.2, 0.25) is 0 Å². The fourth-order valence-corrected chi connectivity index (χ4v) is 1.28. The highest BCUT2D eigenvalue weighted by molar-refractivity contribution is 4.65. The molecular weight excluding hydrogens is 112 g/mol. The third-order valence-corrected chi connectivity index (χ3v) is 1.88. The highest BCUT2D eigenvalue weighted by Gasteiger charge is 2.09. The fourth-order valence-electron chi connectivity index (χ4n) is 1.28. The summed E-state index contributed by atoms with van der Waals surface area (Å²) >= 11 is 0. The number of rotatable bonds is 3. The summed E-state index contributed by atoms with van der Waals surface area (Å²) in [6.07, 6.45) is 2.81. The van der Waals surface area contributed by atoms with Crippen molar-refractivity contribution in [2.24, 2.45) is 0 Å². The number of likely N-dealkylation sites (tertiary alicyclic amines) is 1. The Morgan fingerprint density at radius 2 is 2.11 bits per heavy atom. The third-order valence-electron chi connectivity index (χ3n) is 1.88. The molecule has 2 nitrogen and oxygen atoms in total. The molecule has 1 saturated heterocycles. The number of nitrogens with zero attached hydrogens (tertiary/aromatic N) is 1. The minimum absolute atomic E-state index is 0. The van der Waals surface area contributed by atoms with Gasteiger partial charge in [-0.2, -0.15) is 0 Å². The fraction of sp³-hybridized carbons (Fsp3) is 1.00. The van der Waals surface area contributed by atoms with E-state index in [0.29, 0.717) is 0 Å². The Labute approximate surface area is 58.7 Å². The smallest absolute Gasteiger partial charge is 0.0107 e. The molecule has 0 aromatic rings. The zero-order valence-electron chi connectivity index (χ0n) is 6.19. The summed E-state index contributed by atoms with van der Waals surface area (Å²) in [5.74, 6) is 0. The van der Waals surface area contributed by atoms with Crippen molar-refractivity contribution in [3.05, 3.63) is 0 Å². The van der Waals surface area contributed by atoms with E-state index in [4.69, 9.17) is 0 Å². The van der Waals surface area contributed by atoms with Crippen LogP contribution in [0.3, 0.4) is 0 Å². The van der Waals surface area contributed by atoms with Crippen LogP contribution in [0, 0.1) is 0 Å². The molecule has 0 saturated carbocycles. The molecule has 2 heteroatoms. The van der Waals surface area contributed by atoms with Crippen molar-refractivity contribution >= 4 is 0 Å². The third kappa shape index (κ3) is 2.33. The van der Waals surface area contributed by atoms with E-state index in [9.17, 15) is 0 Å². The lowest BCUT2D eigenvalue weighted by Crippen LogP contribution is -2.27. The first-order valence-corrected chi connectivity index (χ1v) is 3.80. The lowest BCUT2D eigenvalue weighted by atomic mass is 10.4. The number of likely N-dealkylation sites (N-methyl/N-ethyl adjacent to an activating group) is 1. The molecule has 0 radical (unpaired) electrons. The van der Waals surface area contributed by atoms with E-state index in [-0.39, 0.29) is 1.43 Å². The van der Waals surface area contributed by atoms with Gasteiger partial charge in [-0.15, -0.1) is 0 Å². The van der Waals surface area contributed by atoms with Gasteiger partial charge in [-0.25, -0.2) is 0 Å². The second-order valence-corrected chi connectivity index (χ2v) is 2.65. The monoisotopic (exact) mass is 130 g/mol. The molecule has 56 valence electrons. The van der Waals surface area contributed by atoms with Gasteiger partial charge < -0.3 is 10.2 Å². The zero-order chi connectivity index (χ0) is 6.53. The SMILES string of the molecule is CNCCN1CCCC1.[HH]. The molecule has 1 heterocycles. The van der Waals surface area contributed by atoms with E-state index in [1.807, 2.05) is 7.05 Å². The first-order valence-electron chi connectivity index (χ1n) is 3.80. The lowest BCUT2D eigenvalue weighted by Gasteiger charge is -2.12.